The van der Waals surface area contributed by atoms with Gasteiger partial charge >= 0.3 is 0 Å². The highest BCUT2D eigenvalue weighted by atomic mass is 16.5. The normalized spacial score (nSPS) is 15.7. The van der Waals surface area contributed by atoms with Crippen LogP contribution in [0.5, 0.6) is 0 Å². The fourth-order valence-corrected chi connectivity index (χ4v) is 1.32. The molecule has 1 N–H and O–H groups in total. The summed E-state index contributed by atoms with van der Waals surface area (Å²) in [6.07, 6.45) is 5.61. The molecule has 0 rings (SSSR count). The van der Waals surface area contributed by atoms with E-state index in [1.165, 1.54) is 6.42 Å². The lowest BCUT2D eigenvalue weighted by Gasteiger charge is -2.11. The number of rotatable bonds is 8. The van der Waals surface area contributed by atoms with Crippen LogP contribution in [-0.2, 0) is 4.74 Å². The number of hydrogen-bond acceptors (Lipinski definition) is 2. The van der Waals surface area contributed by atoms with E-state index in [-0.39, 0.29) is 6.10 Å². The van der Waals surface area contributed by atoms with Crippen LogP contribution in [0.4, 0.5) is 0 Å². The van der Waals surface area contributed by atoms with Crippen LogP contribution in [0, 0.1) is 0 Å². The molecule has 0 aliphatic rings. The standard InChI is InChI=1S/C11H24O2/c1-4-7-11(3)13-9-6-5-8-10(2)12/h10-12H,4-9H2,1-3H3. The van der Waals surface area contributed by atoms with Gasteiger partial charge in [0.1, 0.15) is 0 Å². The van der Waals surface area contributed by atoms with E-state index >= 15 is 0 Å². The molecule has 0 amide bonds. The largest absolute Gasteiger partial charge is 0.393 e. The molecule has 0 aromatic carbocycles. The van der Waals surface area contributed by atoms with Crippen molar-refractivity contribution in [2.75, 3.05) is 6.61 Å². The number of aliphatic hydroxyl groups excluding tert-OH is 1. The maximum atomic E-state index is 9.00. The smallest absolute Gasteiger partial charge is 0.0546 e. The Morgan fingerprint density at radius 3 is 2.38 bits per heavy atom. The minimum atomic E-state index is -0.159. The van der Waals surface area contributed by atoms with Gasteiger partial charge < -0.3 is 9.84 Å². The molecule has 0 aromatic rings. The second kappa shape index (κ2) is 8.52. The first-order chi connectivity index (χ1) is 6.16. The molecule has 0 aliphatic carbocycles. The second-order valence-corrected chi connectivity index (χ2v) is 3.81. The first-order valence-electron chi connectivity index (χ1n) is 5.46. The summed E-state index contributed by atoms with van der Waals surface area (Å²) in [6, 6.07) is 0. The average molecular weight is 188 g/mol. The SMILES string of the molecule is CCCC(C)OCCCCC(C)O. The third-order valence-corrected chi connectivity index (χ3v) is 2.11. The highest BCUT2D eigenvalue weighted by Crippen LogP contribution is 2.04. The molecule has 0 saturated heterocycles. The van der Waals surface area contributed by atoms with Crippen LogP contribution in [0.25, 0.3) is 0 Å². The Kier molecular flexibility index (Phi) is 8.46. The maximum absolute atomic E-state index is 9.00. The zero-order valence-electron chi connectivity index (χ0n) is 9.25. The zero-order chi connectivity index (χ0) is 10.1. The molecule has 0 saturated carbocycles. The van der Waals surface area contributed by atoms with Crippen LogP contribution in [0.1, 0.15) is 52.9 Å². The van der Waals surface area contributed by atoms with E-state index in [1.54, 1.807) is 0 Å². The fraction of sp³-hybridized carbons (Fsp3) is 1.00. The van der Waals surface area contributed by atoms with E-state index < -0.39 is 0 Å². The van der Waals surface area contributed by atoms with Gasteiger partial charge in [0.05, 0.1) is 12.2 Å². The summed E-state index contributed by atoms with van der Waals surface area (Å²) in [5, 5.41) is 9.00. The Morgan fingerprint density at radius 1 is 1.15 bits per heavy atom. The van der Waals surface area contributed by atoms with Crippen molar-refractivity contribution in [1.82, 2.24) is 0 Å². The van der Waals surface area contributed by atoms with E-state index in [4.69, 9.17) is 9.84 Å². The predicted octanol–water partition coefficient (Wildman–Crippen LogP) is 2.74. The second-order valence-electron chi connectivity index (χ2n) is 3.81. The van der Waals surface area contributed by atoms with Crippen LogP contribution in [0.2, 0.25) is 0 Å². The lowest BCUT2D eigenvalue weighted by molar-refractivity contribution is 0.0553. The minimum absolute atomic E-state index is 0.159. The summed E-state index contributed by atoms with van der Waals surface area (Å²) in [6.45, 7) is 6.97. The van der Waals surface area contributed by atoms with Gasteiger partial charge in [0, 0.05) is 6.61 Å². The molecule has 0 aliphatic heterocycles. The first-order valence-corrected chi connectivity index (χ1v) is 5.46. The van der Waals surface area contributed by atoms with Gasteiger partial charge in [-0.2, -0.15) is 0 Å². The quantitative estimate of drug-likeness (QED) is 0.593. The molecule has 2 atom stereocenters. The van der Waals surface area contributed by atoms with Crippen molar-refractivity contribution in [2.24, 2.45) is 0 Å². The van der Waals surface area contributed by atoms with E-state index in [1.807, 2.05) is 6.92 Å². The minimum Gasteiger partial charge on any atom is -0.393 e. The lowest BCUT2D eigenvalue weighted by Crippen LogP contribution is -2.09. The van der Waals surface area contributed by atoms with Crippen molar-refractivity contribution in [1.29, 1.82) is 0 Å². The van der Waals surface area contributed by atoms with Gasteiger partial charge in [-0.3, -0.25) is 0 Å². The van der Waals surface area contributed by atoms with Crippen molar-refractivity contribution < 1.29 is 9.84 Å². The Labute approximate surface area is 82.3 Å². The zero-order valence-corrected chi connectivity index (χ0v) is 9.25. The number of hydrogen-bond donors (Lipinski definition) is 1. The van der Waals surface area contributed by atoms with Gasteiger partial charge in [0.15, 0.2) is 0 Å². The highest BCUT2D eigenvalue weighted by molar-refractivity contribution is 4.50. The fourth-order valence-electron chi connectivity index (χ4n) is 1.32. The molecular formula is C11H24O2. The Morgan fingerprint density at radius 2 is 1.85 bits per heavy atom. The van der Waals surface area contributed by atoms with Gasteiger partial charge in [-0.15, -0.1) is 0 Å². The van der Waals surface area contributed by atoms with Gasteiger partial charge in [-0.25, -0.2) is 0 Å². The van der Waals surface area contributed by atoms with Crippen LogP contribution >= 0.6 is 0 Å². The van der Waals surface area contributed by atoms with Crippen molar-refractivity contribution >= 4 is 0 Å². The average Bonchev–Trinajstić information content (AvgIpc) is 2.03. The third-order valence-electron chi connectivity index (χ3n) is 2.11. The Bertz CT molecular complexity index is 102. The van der Waals surface area contributed by atoms with Crippen molar-refractivity contribution in [2.45, 2.75) is 65.1 Å². The lowest BCUT2D eigenvalue weighted by atomic mass is 10.2. The van der Waals surface area contributed by atoms with Crippen LogP contribution in [0.15, 0.2) is 0 Å². The number of aliphatic hydroxyl groups is 1. The number of unbranched alkanes of at least 4 members (excludes halogenated alkanes) is 1. The van der Waals surface area contributed by atoms with Crippen LogP contribution < -0.4 is 0 Å². The molecule has 0 bridgehead atoms. The van der Waals surface area contributed by atoms with Gasteiger partial charge in [0.25, 0.3) is 0 Å². The molecule has 0 fully saturated rings. The molecule has 0 aromatic heterocycles. The van der Waals surface area contributed by atoms with Gasteiger partial charge in [0.2, 0.25) is 0 Å². The summed E-state index contributed by atoms with van der Waals surface area (Å²) < 4.78 is 5.58. The summed E-state index contributed by atoms with van der Waals surface area (Å²) in [4.78, 5) is 0. The Hall–Kier alpha value is -0.0800. The maximum Gasteiger partial charge on any atom is 0.0546 e. The monoisotopic (exact) mass is 188 g/mol. The number of ether oxygens (including phenoxy) is 1. The molecular weight excluding hydrogens is 164 g/mol. The first kappa shape index (κ1) is 12.9. The Balaban J connectivity index is 3.06. The molecule has 2 unspecified atom stereocenters. The molecule has 2 heteroatoms. The summed E-state index contributed by atoms with van der Waals surface area (Å²) >= 11 is 0. The topological polar surface area (TPSA) is 29.5 Å². The molecule has 2 nitrogen and oxygen atoms in total. The van der Waals surface area contributed by atoms with E-state index in [2.05, 4.69) is 13.8 Å². The molecule has 0 heterocycles. The van der Waals surface area contributed by atoms with Crippen LogP contribution in [-0.4, -0.2) is 23.9 Å². The van der Waals surface area contributed by atoms with E-state index in [9.17, 15) is 0 Å². The van der Waals surface area contributed by atoms with E-state index in [0.29, 0.717) is 6.10 Å². The molecule has 13 heavy (non-hydrogen) atoms. The van der Waals surface area contributed by atoms with Gasteiger partial charge in [-0.1, -0.05) is 13.3 Å². The molecule has 80 valence electrons. The van der Waals surface area contributed by atoms with Crippen molar-refractivity contribution in [3.8, 4) is 0 Å². The summed E-state index contributed by atoms with van der Waals surface area (Å²) in [5.41, 5.74) is 0. The highest BCUT2D eigenvalue weighted by Gasteiger charge is 2.00. The summed E-state index contributed by atoms with van der Waals surface area (Å²) in [7, 11) is 0. The van der Waals surface area contributed by atoms with Crippen molar-refractivity contribution in [3.05, 3.63) is 0 Å². The molecule has 0 spiro atoms. The van der Waals surface area contributed by atoms with Gasteiger partial charge in [-0.05, 0) is 39.5 Å². The summed E-state index contributed by atoms with van der Waals surface area (Å²) in [5.74, 6) is 0. The van der Waals surface area contributed by atoms with Crippen LogP contribution in [0.3, 0.4) is 0 Å². The van der Waals surface area contributed by atoms with E-state index in [0.717, 1.165) is 32.3 Å². The predicted molar refractivity (Wildman–Crippen MR) is 55.9 cm³/mol. The molecule has 0 radical (unpaired) electrons. The van der Waals surface area contributed by atoms with Crippen molar-refractivity contribution in [3.63, 3.8) is 0 Å². The third kappa shape index (κ3) is 9.84.